The summed E-state index contributed by atoms with van der Waals surface area (Å²) in [6, 6.07) is 7.90. The van der Waals surface area contributed by atoms with E-state index in [0.29, 0.717) is 26.2 Å². The summed E-state index contributed by atoms with van der Waals surface area (Å²) >= 11 is 0. The normalized spacial score (nSPS) is 10.3. The van der Waals surface area contributed by atoms with Crippen molar-refractivity contribution < 1.29 is 19.0 Å². The summed E-state index contributed by atoms with van der Waals surface area (Å²) < 4.78 is 15.6. The van der Waals surface area contributed by atoms with Crippen molar-refractivity contribution in [1.29, 1.82) is 0 Å². The Bertz CT molecular complexity index is 390. The Hall–Kier alpha value is -1.55. The molecule has 1 rings (SSSR count). The molecule has 0 saturated heterocycles. The molecule has 0 spiro atoms. The topological polar surface area (TPSA) is 44.8 Å². The molecular weight excluding hydrogens is 256 g/mol. The van der Waals surface area contributed by atoms with Crippen LogP contribution >= 0.6 is 0 Å². The molecule has 0 aliphatic heterocycles. The number of ether oxygens (including phenoxy) is 3. The van der Waals surface area contributed by atoms with E-state index in [1.54, 1.807) is 7.11 Å². The van der Waals surface area contributed by atoms with Gasteiger partial charge in [0.2, 0.25) is 0 Å². The first-order chi connectivity index (χ1) is 9.76. The van der Waals surface area contributed by atoms with Crippen LogP contribution in [0.5, 0.6) is 5.75 Å². The van der Waals surface area contributed by atoms with Crippen LogP contribution in [-0.4, -0.2) is 26.3 Å². The van der Waals surface area contributed by atoms with E-state index in [4.69, 9.17) is 14.2 Å². The van der Waals surface area contributed by atoms with Crippen molar-refractivity contribution in [2.24, 2.45) is 0 Å². The van der Waals surface area contributed by atoms with E-state index in [-0.39, 0.29) is 5.97 Å². The fraction of sp³-hybridized carbons (Fsp3) is 0.562. The van der Waals surface area contributed by atoms with Gasteiger partial charge in [0.1, 0.15) is 5.75 Å². The summed E-state index contributed by atoms with van der Waals surface area (Å²) in [5, 5.41) is 0. The second-order valence-electron chi connectivity index (χ2n) is 4.54. The summed E-state index contributed by atoms with van der Waals surface area (Å²) in [6.45, 7) is 3.54. The molecule has 0 N–H and O–H groups in total. The molecule has 0 unspecified atom stereocenters. The quantitative estimate of drug-likeness (QED) is 0.487. The van der Waals surface area contributed by atoms with E-state index >= 15 is 0 Å². The molecule has 1 aromatic rings. The van der Waals surface area contributed by atoms with Gasteiger partial charge in [-0.2, -0.15) is 0 Å². The van der Waals surface area contributed by atoms with Gasteiger partial charge in [-0.3, -0.25) is 4.79 Å². The fourth-order valence-electron chi connectivity index (χ4n) is 1.86. The maximum atomic E-state index is 11.1. The van der Waals surface area contributed by atoms with Gasteiger partial charge in [-0.15, -0.1) is 0 Å². The predicted octanol–water partition coefficient (Wildman–Crippen LogP) is 3.34. The highest BCUT2D eigenvalue weighted by Gasteiger charge is 2.01. The van der Waals surface area contributed by atoms with Crippen molar-refractivity contribution in [3.05, 3.63) is 29.8 Å². The molecule has 0 aliphatic rings. The van der Waals surface area contributed by atoms with Crippen molar-refractivity contribution in [3.63, 3.8) is 0 Å². The lowest BCUT2D eigenvalue weighted by atomic mass is 10.2. The highest BCUT2D eigenvalue weighted by Crippen LogP contribution is 2.14. The molecule has 0 aliphatic carbocycles. The predicted molar refractivity (Wildman–Crippen MR) is 77.8 cm³/mol. The van der Waals surface area contributed by atoms with E-state index < -0.39 is 0 Å². The first-order valence-corrected chi connectivity index (χ1v) is 7.12. The van der Waals surface area contributed by atoms with Gasteiger partial charge in [0, 0.05) is 13.5 Å². The van der Waals surface area contributed by atoms with Crippen LogP contribution in [0.3, 0.4) is 0 Å². The minimum Gasteiger partial charge on any atom is -0.494 e. The first-order valence-electron chi connectivity index (χ1n) is 7.12. The molecule has 0 bridgehead atoms. The molecule has 0 fully saturated rings. The van der Waals surface area contributed by atoms with Crippen molar-refractivity contribution >= 4 is 5.97 Å². The molecule has 0 saturated carbocycles. The van der Waals surface area contributed by atoms with Gasteiger partial charge >= 0.3 is 5.97 Å². The standard InChI is InChI=1S/C16H24O4/c1-3-19-16(17)10-5-4-6-11-20-15-9-7-8-14(12-15)13-18-2/h7-9,12H,3-6,10-11,13H2,1-2H3. The molecule has 0 heterocycles. The van der Waals surface area contributed by atoms with Crippen LogP contribution < -0.4 is 4.74 Å². The van der Waals surface area contributed by atoms with Gasteiger partial charge in [0.05, 0.1) is 19.8 Å². The lowest BCUT2D eigenvalue weighted by Gasteiger charge is -2.07. The molecule has 112 valence electrons. The van der Waals surface area contributed by atoms with Gasteiger partial charge in [-0.1, -0.05) is 12.1 Å². The summed E-state index contributed by atoms with van der Waals surface area (Å²) in [4.78, 5) is 11.1. The van der Waals surface area contributed by atoms with Gasteiger partial charge < -0.3 is 14.2 Å². The van der Waals surface area contributed by atoms with E-state index in [1.807, 2.05) is 31.2 Å². The van der Waals surface area contributed by atoms with E-state index in [0.717, 1.165) is 30.6 Å². The van der Waals surface area contributed by atoms with Crippen molar-refractivity contribution in [3.8, 4) is 5.75 Å². The molecule has 0 atom stereocenters. The number of unbranched alkanes of at least 4 members (excludes halogenated alkanes) is 2. The van der Waals surface area contributed by atoms with Crippen LogP contribution in [0.25, 0.3) is 0 Å². The van der Waals surface area contributed by atoms with Crippen LogP contribution in [0.4, 0.5) is 0 Å². The molecule has 0 amide bonds. The number of methoxy groups -OCH3 is 1. The summed E-state index contributed by atoms with van der Waals surface area (Å²) in [6.07, 6.45) is 3.26. The zero-order valence-corrected chi connectivity index (χ0v) is 12.4. The highest BCUT2D eigenvalue weighted by atomic mass is 16.5. The van der Waals surface area contributed by atoms with Crippen LogP contribution in [-0.2, 0) is 20.9 Å². The van der Waals surface area contributed by atoms with E-state index in [1.165, 1.54) is 0 Å². The van der Waals surface area contributed by atoms with Gasteiger partial charge in [-0.05, 0) is 43.9 Å². The van der Waals surface area contributed by atoms with Crippen LogP contribution in [0.15, 0.2) is 24.3 Å². The van der Waals surface area contributed by atoms with Crippen LogP contribution in [0, 0.1) is 0 Å². The smallest absolute Gasteiger partial charge is 0.305 e. The summed E-state index contributed by atoms with van der Waals surface area (Å²) in [5.74, 6) is 0.755. The third-order valence-electron chi connectivity index (χ3n) is 2.81. The Balaban J connectivity index is 2.12. The Morgan fingerprint density at radius 3 is 2.80 bits per heavy atom. The van der Waals surface area contributed by atoms with Crippen molar-refractivity contribution in [2.45, 2.75) is 39.2 Å². The third kappa shape index (κ3) is 7.14. The maximum Gasteiger partial charge on any atom is 0.305 e. The molecule has 1 aromatic carbocycles. The largest absolute Gasteiger partial charge is 0.494 e. The second-order valence-corrected chi connectivity index (χ2v) is 4.54. The number of esters is 1. The van der Waals surface area contributed by atoms with Gasteiger partial charge in [0.25, 0.3) is 0 Å². The lowest BCUT2D eigenvalue weighted by molar-refractivity contribution is -0.143. The first kappa shape index (κ1) is 16.5. The maximum absolute atomic E-state index is 11.1. The summed E-state index contributed by atoms with van der Waals surface area (Å²) in [5.41, 5.74) is 1.10. The third-order valence-corrected chi connectivity index (χ3v) is 2.81. The Morgan fingerprint density at radius 2 is 2.05 bits per heavy atom. The second kappa shape index (κ2) is 10.3. The minimum absolute atomic E-state index is 0.110. The Kier molecular flexibility index (Phi) is 8.47. The molecule has 4 nitrogen and oxygen atoms in total. The highest BCUT2D eigenvalue weighted by molar-refractivity contribution is 5.69. The fourth-order valence-corrected chi connectivity index (χ4v) is 1.86. The SMILES string of the molecule is CCOC(=O)CCCCCOc1cccc(COC)c1. The molecule has 20 heavy (non-hydrogen) atoms. The number of hydrogen-bond donors (Lipinski definition) is 0. The zero-order valence-electron chi connectivity index (χ0n) is 12.4. The van der Waals surface area contributed by atoms with E-state index in [2.05, 4.69) is 0 Å². The molecule has 0 aromatic heterocycles. The van der Waals surface area contributed by atoms with E-state index in [9.17, 15) is 4.79 Å². The Morgan fingerprint density at radius 1 is 1.20 bits per heavy atom. The van der Waals surface area contributed by atoms with Crippen molar-refractivity contribution in [1.82, 2.24) is 0 Å². The van der Waals surface area contributed by atoms with Gasteiger partial charge in [-0.25, -0.2) is 0 Å². The van der Waals surface area contributed by atoms with Gasteiger partial charge in [0.15, 0.2) is 0 Å². The zero-order chi connectivity index (χ0) is 14.6. The number of benzene rings is 1. The van der Waals surface area contributed by atoms with Crippen LogP contribution in [0.1, 0.15) is 38.2 Å². The lowest BCUT2D eigenvalue weighted by Crippen LogP contribution is -2.04. The van der Waals surface area contributed by atoms with Crippen molar-refractivity contribution in [2.75, 3.05) is 20.3 Å². The molecule has 0 radical (unpaired) electrons. The Labute approximate surface area is 121 Å². The summed E-state index contributed by atoms with van der Waals surface area (Å²) in [7, 11) is 1.68. The average Bonchev–Trinajstić information content (AvgIpc) is 2.44. The molecular formula is C16H24O4. The van der Waals surface area contributed by atoms with Crippen LogP contribution in [0.2, 0.25) is 0 Å². The average molecular weight is 280 g/mol. The molecule has 4 heteroatoms. The number of rotatable bonds is 10. The number of carbonyl (C=O) groups excluding carboxylic acids is 1. The minimum atomic E-state index is -0.110. The monoisotopic (exact) mass is 280 g/mol. The number of carbonyl (C=O) groups is 1. The number of hydrogen-bond acceptors (Lipinski definition) is 4.